The third-order valence-electron chi connectivity index (χ3n) is 2.07. The minimum Gasteiger partial charge on any atom is -0.478 e. The molecule has 1 aliphatic carbocycles. The Morgan fingerprint density at radius 2 is 2.45 bits per heavy atom. The maximum absolute atomic E-state index is 10.9. The number of carbonyl (C=O) groups excluding carboxylic acids is 1. The van der Waals surface area contributed by atoms with Crippen LogP contribution in [0.2, 0.25) is 0 Å². The molecule has 0 aromatic heterocycles. The molecule has 1 aliphatic heterocycles. The summed E-state index contributed by atoms with van der Waals surface area (Å²) >= 11 is 1.47. The van der Waals surface area contributed by atoms with Gasteiger partial charge < -0.3 is 5.11 Å². The molecule has 2 atom stereocenters. The van der Waals surface area contributed by atoms with Gasteiger partial charge in [0.1, 0.15) is 5.78 Å². The summed E-state index contributed by atoms with van der Waals surface area (Å²) in [5.74, 6) is -1.16. The Labute approximate surface area is 67.5 Å². The number of ketones is 1. The molecule has 0 bridgehead atoms. The summed E-state index contributed by atoms with van der Waals surface area (Å²) in [5.41, 5.74) is 0.288. The molecule has 4 heteroatoms. The van der Waals surface area contributed by atoms with Gasteiger partial charge in [0.25, 0.3) is 0 Å². The van der Waals surface area contributed by atoms with Crippen molar-refractivity contribution in [1.82, 2.24) is 0 Å². The zero-order valence-electron chi connectivity index (χ0n) is 5.61. The highest BCUT2D eigenvalue weighted by Gasteiger charge is 2.47. The minimum atomic E-state index is -0.946. The lowest BCUT2D eigenvalue weighted by Gasteiger charge is -2.28. The second kappa shape index (κ2) is 2.11. The van der Waals surface area contributed by atoms with Crippen molar-refractivity contribution in [3.8, 4) is 0 Å². The normalized spacial score (nSPS) is 34.2. The lowest BCUT2D eigenvalue weighted by atomic mass is 9.78. The van der Waals surface area contributed by atoms with Gasteiger partial charge in [-0.1, -0.05) is 0 Å². The van der Waals surface area contributed by atoms with Gasteiger partial charge >= 0.3 is 5.97 Å². The molecule has 0 unspecified atom stereocenters. The number of carboxylic acid groups (broad SMARTS) is 1. The fourth-order valence-electron chi connectivity index (χ4n) is 1.41. The Morgan fingerprint density at radius 1 is 1.73 bits per heavy atom. The van der Waals surface area contributed by atoms with Gasteiger partial charge in [-0.2, -0.15) is 0 Å². The summed E-state index contributed by atoms with van der Waals surface area (Å²) in [6, 6.07) is 0. The van der Waals surface area contributed by atoms with Crippen molar-refractivity contribution in [2.75, 3.05) is 0 Å². The number of carbonyl (C=O) groups is 2. The fraction of sp³-hybridized carbons (Fsp3) is 0.429. The lowest BCUT2D eigenvalue weighted by Crippen LogP contribution is -2.39. The number of Topliss-reactive ketones (excluding diaryl/α,β-unsaturated/α-hetero) is 1. The lowest BCUT2D eigenvalue weighted by molar-refractivity contribution is -0.136. The highest BCUT2D eigenvalue weighted by atomic mass is 32.2. The Morgan fingerprint density at radius 3 is 2.91 bits per heavy atom. The topological polar surface area (TPSA) is 54.4 Å². The van der Waals surface area contributed by atoms with Crippen molar-refractivity contribution in [1.29, 1.82) is 0 Å². The van der Waals surface area contributed by atoms with E-state index in [1.165, 1.54) is 11.8 Å². The summed E-state index contributed by atoms with van der Waals surface area (Å²) in [4.78, 5) is 21.4. The standard InChI is InChI=1S/C7H6O3S/c8-4-1-5-6(4)3(2-11-5)7(9)10/h2,5-6H,1H2,(H,9,10)/t5-,6+/m1/s1. The Balaban J connectivity index is 2.24. The quantitative estimate of drug-likeness (QED) is 0.628. The van der Waals surface area contributed by atoms with Crippen LogP contribution in [0.4, 0.5) is 0 Å². The Bertz CT molecular complexity index is 269. The van der Waals surface area contributed by atoms with E-state index in [1.807, 2.05) is 0 Å². The van der Waals surface area contributed by atoms with Crippen molar-refractivity contribution in [2.45, 2.75) is 11.7 Å². The van der Waals surface area contributed by atoms with Gasteiger partial charge in [0, 0.05) is 11.7 Å². The molecule has 0 spiro atoms. The van der Waals surface area contributed by atoms with Gasteiger partial charge in [-0.15, -0.1) is 11.8 Å². The second-order valence-corrected chi connectivity index (χ2v) is 3.81. The summed E-state index contributed by atoms with van der Waals surface area (Å²) in [7, 11) is 0. The van der Waals surface area contributed by atoms with E-state index in [9.17, 15) is 9.59 Å². The van der Waals surface area contributed by atoms with Crippen molar-refractivity contribution in [3.05, 3.63) is 11.0 Å². The van der Waals surface area contributed by atoms with E-state index in [0.29, 0.717) is 6.42 Å². The summed E-state index contributed by atoms with van der Waals surface area (Å²) in [5, 5.41) is 10.4. The molecule has 1 fully saturated rings. The molecule has 0 radical (unpaired) electrons. The second-order valence-electron chi connectivity index (χ2n) is 2.70. The molecule has 58 valence electrons. The molecule has 2 rings (SSSR count). The van der Waals surface area contributed by atoms with Crippen LogP contribution in [-0.4, -0.2) is 22.1 Å². The highest BCUT2D eigenvalue weighted by Crippen LogP contribution is 2.46. The molecule has 0 saturated heterocycles. The van der Waals surface area contributed by atoms with Crippen LogP contribution in [0.5, 0.6) is 0 Å². The van der Waals surface area contributed by atoms with Crippen LogP contribution in [-0.2, 0) is 9.59 Å². The zero-order chi connectivity index (χ0) is 8.01. The molecule has 1 saturated carbocycles. The smallest absolute Gasteiger partial charge is 0.332 e. The van der Waals surface area contributed by atoms with Crippen LogP contribution in [0.25, 0.3) is 0 Å². The number of fused-ring (bicyclic) bond motifs is 1. The molecular weight excluding hydrogens is 164 g/mol. The summed E-state index contributed by atoms with van der Waals surface area (Å²) in [6.07, 6.45) is 0.544. The summed E-state index contributed by atoms with van der Waals surface area (Å²) in [6.45, 7) is 0. The minimum absolute atomic E-state index is 0.0775. The molecule has 3 nitrogen and oxygen atoms in total. The molecular formula is C7H6O3S. The van der Waals surface area contributed by atoms with Gasteiger partial charge in [0.2, 0.25) is 0 Å². The maximum atomic E-state index is 10.9. The zero-order valence-corrected chi connectivity index (χ0v) is 6.43. The largest absolute Gasteiger partial charge is 0.478 e. The van der Waals surface area contributed by atoms with Crippen LogP contribution in [0.1, 0.15) is 6.42 Å². The molecule has 0 amide bonds. The van der Waals surface area contributed by atoms with E-state index >= 15 is 0 Å². The van der Waals surface area contributed by atoms with Crippen LogP contribution in [0.15, 0.2) is 11.0 Å². The summed E-state index contributed by atoms with van der Waals surface area (Å²) < 4.78 is 0. The molecule has 11 heavy (non-hydrogen) atoms. The number of carboxylic acids is 1. The first-order chi connectivity index (χ1) is 5.20. The predicted octanol–water partition coefficient (Wildman–Crippen LogP) is 0.659. The molecule has 0 aromatic rings. The Kier molecular flexibility index (Phi) is 1.32. The predicted molar refractivity (Wildman–Crippen MR) is 40.2 cm³/mol. The van der Waals surface area contributed by atoms with Crippen molar-refractivity contribution >= 4 is 23.5 Å². The van der Waals surface area contributed by atoms with E-state index in [2.05, 4.69) is 0 Å². The Hall–Kier alpha value is -0.770. The maximum Gasteiger partial charge on any atom is 0.332 e. The number of thioether (sulfide) groups is 1. The first-order valence-electron chi connectivity index (χ1n) is 3.31. The third kappa shape index (κ3) is 0.822. The van der Waals surface area contributed by atoms with E-state index in [0.717, 1.165) is 0 Å². The number of hydrogen-bond donors (Lipinski definition) is 1. The molecule has 2 aliphatic rings. The van der Waals surface area contributed by atoms with Crippen molar-refractivity contribution in [2.24, 2.45) is 5.92 Å². The monoisotopic (exact) mass is 170 g/mol. The van der Waals surface area contributed by atoms with E-state index in [1.54, 1.807) is 5.41 Å². The number of hydrogen-bond acceptors (Lipinski definition) is 3. The van der Waals surface area contributed by atoms with Gasteiger partial charge in [-0.05, 0) is 5.41 Å². The highest BCUT2D eigenvalue weighted by molar-refractivity contribution is 8.03. The molecule has 0 aromatic carbocycles. The molecule has 1 N–H and O–H groups in total. The van der Waals surface area contributed by atoms with Gasteiger partial charge in [-0.3, -0.25) is 4.79 Å². The first kappa shape index (κ1) is 6.91. The SMILES string of the molecule is O=C(O)C1=CS[C@@H]2CC(=O)[C@H]12. The average molecular weight is 170 g/mol. The van der Waals surface area contributed by atoms with Gasteiger partial charge in [0.15, 0.2) is 0 Å². The van der Waals surface area contributed by atoms with Crippen LogP contribution in [0, 0.1) is 5.92 Å². The first-order valence-corrected chi connectivity index (χ1v) is 4.26. The van der Waals surface area contributed by atoms with Crippen LogP contribution < -0.4 is 0 Å². The number of aliphatic carboxylic acids is 1. The van der Waals surface area contributed by atoms with Gasteiger partial charge in [-0.25, -0.2) is 4.79 Å². The van der Waals surface area contributed by atoms with E-state index in [4.69, 9.17) is 5.11 Å². The number of rotatable bonds is 1. The molecule has 1 heterocycles. The van der Waals surface area contributed by atoms with E-state index in [-0.39, 0.29) is 22.5 Å². The average Bonchev–Trinajstić information content (AvgIpc) is 2.25. The van der Waals surface area contributed by atoms with Crippen molar-refractivity contribution in [3.63, 3.8) is 0 Å². The fourth-order valence-corrected chi connectivity index (χ4v) is 2.69. The third-order valence-corrected chi connectivity index (χ3v) is 3.25. The van der Waals surface area contributed by atoms with Gasteiger partial charge in [0.05, 0.1) is 11.5 Å². The van der Waals surface area contributed by atoms with Crippen LogP contribution >= 0.6 is 11.8 Å². The van der Waals surface area contributed by atoms with Crippen LogP contribution in [0.3, 0.4) is 0 Å². The van der Waals surface area contributed by atoms with Crippen molar-refractivity contribution < 1.29 is 14.7 Å². The van der Waals surface area contributed by atoms with E-state index < -0.39 is 5.97 Å².